The molecule has 1 aliphatic heterocycles. The molecule has 1 aromatic carbocycles. The van der Waals surface area contributed by atoms with Crippen molar-refractivity contribution in [3.05, 3.63) is 52.1 Å². The molecule has 1 saturated heterocycles. The van der Waals surface area contributed by atoms with Crippen LogP contribution in [0.15, 0.2) is 35.1 Å². The van der Waals surface area contributed by atoms with Gasteiger partial charge in [-0.25, -0.2) is 9.36 Å². The Labute approximate surface area is 206 Å². The average molecular weight is 480 g/mol. The zero-order valence-corrected chi connectivity index (χ0v) is 21.3. The van der Waals surface area contributed by atoms with Gasteiger partial charge < -0.3 is 15.1 Å². The number of para-hydroxylation sites is 1. The standard InChI is InChI=1S/C26H37N7O2/c1-5-22(25(34)27-13-10-14-31-17-15-30(6-2)16-18-31)33-26(35)23-20(4)32(21-11-8-7-9-12-21)29-24(23)19(3)28-33/h7-9,11-12,22H,5-6,10,13-18H2,1-4H3,(H,27,34). The third-order valence-electron chi connectivity index (χ3n) is 6.99. The normalized spacial score (nSPS) is 16.0. The molecule has 1 N–H and O–H groups in total. The molecule has 3 heterocycles. The van der Waals surface area contributed by atoms with Crippen LogP contribution in [0.5, 0.6) is 0 Å². The van der Waals surface area contributed by atoms with Gasteiger partial charge in [0.15, 0.2) is 0 Å². The van der Waals surface area contributed by atoms with Gasteiger partial charge in [-0.2, -0.15) is 10.2 Å². The summed E-state index contributed by atoms with van der Waals surface area (Å²) < 4.78 is 3.12. The number of nitrogens with one attached hydrogen (secondary N) is 1. The van der Waals surface area contributed by atoms with Crippen LogP contribution in [0.1, 0.15) is 44.1 Å². The number of hydrogen-bond acceptors (Lipinski definition) is 6. The zero-order valence-electron chi connectivity index (χ0n) is 21.3. The molecule has 0 bridgehead atoms. The topological polar surface area (TPSA) is 88.3 Å². The quantitative estimate of drug-likeness (QED) is 0.474. The number of piperazine rings is 1. The lowest BCUT2D eigenvalue weighted by atomic mass is 10.2. The molecule has 0 saturated carbocycles. The fourth-order valence-electron chi connectivity index (χ4n) is 4.84. The number of hydrogen-bond donors (Lipinski definition) is 1. The second-order valence-electron chi connectivity index (χ2n) is 9.24. The molecule has 188 valence electrons. The minimum Gasteiger partial charge on any atom is -0.354 e. The van der Waals surface area contributed by atoms with Crippen LogP contribution in [0.25, 0.3) is 16.6 Å². The van der Waals surface area contributed by atoms with E-state index in [1.165, 1.54) is 4.68 Å². The predicted octanol–water partition coefficient (Wildman–Crippen LogP) is 2.29. The van der Waals surface area contributed by atoms with E-state index in [9.17, 15) is 9.59 Å². The number of likely N-dealkylation sites (N-methyl/N-ethyl adjacent to an activating group) is 1. The number of benzene rings is 1. The van der Waals surface area contributed by atoms with E-state index >= 15 is 0 Å². The Hall–Kier alpha value is -3.04. The summed E-state index contributed by atoms with van der Waals surface area (Å²) in [5.41, 5.74) is 2.56. The third kappa shape index (κ3) is 5.31. The zero-order chi connectivity index (χ0) is 24.9. The van der Waals surface area contributed by atoms with E-state index in [1.54, 1.807) is 4.68 Å². The number of aromatic nitrogens is 4. The highest BCUT2D eigenvalue weighted by molar-refractivity contribution is 5.84. The van der Waals surface area contributed by atoms with E-state index < -0.39 is 6.04 Å². The third-order valence-corrected chi connectivity index (χ3v) is 6.99. The largest absolute Gasteiger partial charge is 0.354 e. The van der Waals surface area contributed by atoms with Gasteiger partial charge in [0, 0.05) is 32.7 Å². The minimum absolute atomic E-state index is 0.162. The number of rotatable bonds is 9. The van der Waals surface area contributed by atoms with Crippen molar-refractivity contribution >= 4 is 16.8 Å². The molecular weight excluding hydrogens is 442 g/mol. The Kier molecular flexibility index (Phi) is 7.97. The second-order valence-corrected chi connectivity index (χ2v) is 9.24. The Morgan fingerprint density at radius 3 is 2.37 bits per heavy atom. The van der Waals surface area contributed by atoms with Gasteiger partial charge in [-0.05, 0) is 51.9 Å². The van der Waals surface area contributed by atoms with Gasteiger partial charge in [-0.15, -0.1) is 0 Å². The number of carbonyl (C=O) groups is 1. The van der Waals surface area contributed by atoms with Gasteiger partial charge in [0.2, 0.25) is 5.91 Å². The van der Waals surface area contributed by atoms with Crippen LogP contribution in [-0.2, 0) is 4.79 Å². The lowest BCUT2D eigenvalue weighted by Gasteiger charge is -2.34. The van der Waals surface area contributed by atoms with Crippen molar-refractivity contribution in [1.29, 1.82) is 0 Å². The van der Waals surface area contributed by atoms with Gasteiger partial charge in [-0.3, -0.25) is 9.59 Å². The number of carbonyl (C=O) groups excluding carboxylic acids is 1. The first-order valence-electron chi connectivity index (χ1n) is 12.7. The van der Waals surface area contributed by atoms with Gasteiger partial charge in [0.25, 0.3) is 5.56 Å². The summed E-state index contributed by atoms with van der Waals surface area (Å²) >= 11 is 0. The van der Waals surface area contributed by atoms with Crippen molar-refractivity contribution in [2.45, 2.75) is 46.6 Å². The molecule has 0 radical (unpaired) electrons. The summed E-state index contributed by atoms with van der Waals surface area (Å²) in [4.78, 5) is 31.5. The van der Waals surface area contributed by atoms with Gasteiger partial charge in [0.05, 0.1) is 22.5 Å². The van der Waals surface area contributed by atoms with E-state index in [1.807, 2.05) is 51.1 Å². The molecule has 0 aliphatic carbocycles. The van der Waals surface area contributed by atoms with Crippen molar-refractivity contribution in [2.75, 3.05) is 45.8 Å². The molecule has 1 amide bonds. The Morgan fingerprint density at radius 2 is 1.71 bits per heavy atom. The first-order chi connectivity index (χ1) is 16.9. The van der Waals surface area contributed by atoms with Gasteiger partial charge >= 0.3 is 0 Å². The molecule has 3 aromatic rings. The van der Waals surface area contributed by atoms with Crippen LogP contribution in [-0.4, -0.2) is 81.1 Å². The summed E-state index contributed by atoms with van der Waals surface area (Å²) in [7, 11) is 0. The van der Waals surface area contributed by atoms with Crippen molar-refractivity contribution in [1.82, 2.24) is 34.7 Å². The van der Waals surface area contributed by atoms with Crippen LogP contribution >= 0.6 is 0 Å². The first-order valence-corrected chi connectivity index (χ1v) is 12.7. The summed E-state index contributed by atoms with van der Waals surface area (Å²) in [5.74, 6) is -0.162. The highest BCUT2D eigenvalue weighted by Gasteiger charge is 2.25. The molecular formula is C26H37N7O2. The van der Waals surface area contributed by atoms with E-state index in [0.717, 1.165) is 57.1 Å². The molecule has 9 heteroatoms. The molecule has 1 fully saturated rings. The molecule has 1 aliphatic rings. The number of aryl methyl sites for hydroxylation is 2. The minimum atomic E-state index is -0.654. The SMILES string of the molecule is CCC(C(=O)NCCCN1CCN(CC)CC1)n1nc(C)c2nn(-c3ccccc3)c(C)c2c1=O. The molecule has 2 aromatic heterocycles. The van der Waals surface area contributed by atoms with E-state index in [4.69, 9.17) is 0 Å². The number of amides is 1. The first kappa shape index (κ1) is 25.1. The molecule has 4 rings (SSSR count). The smallest absolute Gasteiger partial charge is 0.278 e. The summed E-state index contributed by atoms with van der Waals surface area (Å²) in [6.45, 7) is 14.9. The lowest BCUT2D eigenvalue weighted by Crippen LogP contribution is -2.46. The van der Waals surface area contributed by atoms with Gasteiger partial charge in [-0.1, -0.05) is 32.0 Å². The molecule has 35 heavy (non-hydrogen) atoms. The average Bonchev–Trinajstić information content (AvgIpc) is 3.24. The van der Waals surface area contributed by atoms with E-state index in [2.05, 4.69) is 32.2 Å². The van der Waals surface area contributed by atoms with Crippen LogP contribution < -0.4 is 10.9 Å². The molecule has 1 unspecified atom stereocenters. The van der Waals surface area contributed by atoms with Crippen LogP contribution in [0, 0.1) is 13.8 Å². The fraction of sp³-hybridized carbons (Fsp3) is 0.538. The van der Waals surface area contributed by atoms with Crippen LogP contribution in [0.3, 0.4) is 0 Å². The van der Waals surface area contributed by atoms with Gasteiger partial charge in [0.1, 0.15) is 11.6 Å². The molecule has 1 atom stereocenters. The van der Waals surface area contributed by atoms with Crippen molar-refractivity contribution < 1.29 is 4.79 Å². The van der Waals surface area contributed by atoms with Crippen molar-refractivity contribution in [3.8, 4) is 5.69 Å². The molecule has 9 nitrogen and oxygen atoms in total. The van der Waals surface area contributed by atoms with Crippen molar-refractivity contribution in [3.63, 3.8) is 0 Å². The Bertz CT molecular complexity index is 1210. The van der Waals surface area contributed by atoms with E-state index in [0.29, 0.717) is 29.6 Å². The predicted molar refractivity (Wildman–Crippen MR) is 138 cm³/mol. The lowest BCUT2D eigenvalue weighted by molar-refractivity contribution is -0.124. The highest BCUT2D eigenvalue weighted by atomic mass is 16.2. The summed E-state index contributed by atoms with van der Waals surface area (Å²) in [5, 5.41) is 12.7. The monoisotopic (exact) mass is 479 g/mol. The highest BCUT2D eigenvalue weighted by Crippen LogP contribution is 2.21. The van der Waals surface area contributed by atoms with E-state index in [-0.39, 0.29) is 11.5 Å². The van der Waals surface area contributed by atoms with Crippen LogP contribution in [0.4, 0.5) is 0 Å². The Morgan fingerprint density at radius 1 is 1.03 bits per heavy atom. The number of fused-ring (bicyclic) bond motifs is 1. The second kappa shape index (κ2) is 11.1. The summed E-state index contributed by atoms with van der Waals surface area (Å²) in [6, 6.07) is 9.06. The summed E-state index contributed by atoms with van der Waals surface area (Å²) in [6.07, 6.45) is 1.37. The van der Waals surface area contributed by atoms with Crippen molar-refractivity contribution in [2.24, 2.45) is 0 Å². The maximum absolute atomic E-state index is 13.5. The Balaban J connectivity index is 1.47. The maximum atomic E-state index is 13.5. The van der Waals surface area contributed by atoms with Crippen LogP contribution in [0.2, 0.25) is 0 Å². The fourth-order valence-corrected chi connectivity index (χ4v) is 4.84. The number of nitrogens with zero attached hydrogens (tertiary/aromatic N) is 6. The molecule has 0 spiro atoms. The maximum Gasteiger partial charge on any atom is 0.278 e.